The predicted molar refractivity (Wildman–Crippen MR) is 87.9 cm³/mol. The highest BCUT2D eigenvalue weighted by molar-refractivity contribution is 9.10. The standard InChI is InChI=1S/C11H16BrCl2N3O2S/c1-15-4-3-5-17(2)20(18,19)16-11-9(13)6-8(12)7-10(11)14/h6-7,15-16H,3-5H2,1-2H3. The van der Waals surface area contributed by atoms with E-state index in [-0.39, 0.29) is 15.7 Å². The van der Waals surface area contributed by atoms with Crippen LogP contribution in [0.3, 0.4) is 0 Å². The van der Waals surface area contributed by atoms with Gasteiger partial charge in [-0.05, 0) is 32.1 Å². The predicted octanol–water partition coefficient (Wildman–Crippen LogP) is 2.95. The molecular weight excluding hydrogens is 389 g/mol. The van der Waals surface area contributed by atoms with Gasteiger partial charge in [-0.1, -0.05) is 39.1 Å². The first-order valence-corrected chi connectivity index (χ1v) is 8.80. The molecule has 0 atom stereocenters. The van der Waals surface area contributed by atoms with Crippen LogP contribution in [0.15, 0.2) is 16.6 Å². The van der Waals surface area contributed by atoms with E-state index < -0.39 is 10.2 Å². The third kappa shape index (κ3) is 5.05. The Kier molecular flexibility index (Phi) is 7.03. The molecule has 5 nitrogen and oxygen atoms in total. The summed E-state index contributed by atoms with van der Waals surface area (Å²) in [6.45, 7) is 1.13. The molecule has 9 heteroatoms. The zero-order valence-corrected chi connectivity index (χ0v) is 15.0. The van der Waals surface area contributed by atoms with Crippen LogP contribution < -0.4 is 10.0 Å². The van der Waals surface area contributed by atoms with Crippen LogP contribution in [0.2, 0.25) is 10.0 Å². The van der Waals surface area contributed by atoms with Crippen LogP contribution in [-0.2, 0) is 10.2 Å². The van der Waals surface area contributed by atoms with Crippen molar-refractivity contribution >= 4 is 55.0 Å². The van der Waals surface area contributed by atoms with E-state index in [1.54, 1.807) is 12.1 Å². The Bertz CT molecular complexity index is 546. The van der Waals surface area contributed by atoms with Crippen LogP contribution in [0.5, 0.6) is 0 Å². The average molecular weight is 405 g/mol. The highest BCUT2D eigenvalue weighted by Gasteiger charge is 2.20. The number of nitrogens with zero attached hydrogens (tertiary/aromatic N) is 1. The number of halogens is 3. The molecule has 0 heterocycles. The third-order valence-corrected chi connectivity index (χ3v) is 5.07. The molecule has 0 saturated carbocycles. The second kappa shape index (κ2) is 7.82. The highest BCUT2D eigenvalue weighted by Crippen LogP contribution is 2.34. The Morgan fingerprint density at radius 3 is 2.35 bits per heavy atom. The fourth-order valence-corrected chi connectivity index (χ4v) is 3.86. The van der Waals surface area contributed by atoms with Crippen LogP contribution in [0.4, 0.5) is 5.69 Å². The summed E-state index contributed by atoms with van der Waals surface area (Å²) in [5, 5.41) is 3.43. The van der Waals surface area contributed by atoms with E-state index in [1.807, 2.05) is 7.05 Å². The van der Waals surface area contributed by atoms with Crippen LogP contribution in [0, 0.1) is 0 Å². The normalized spacial score (nSPS) is 11.9. The van der Waals surface area contributed by atoms with Gasteiger partial charge in [0.15, 0.2) is 0 Å². The topological polar surface area (TPSA) is 61.4 Å². The molecule has 0 saturated heterocycles. The van der Waals surface area contributed by atoms with Crippen LogP contribution in [0.25, 0.3) is 0 Å². The molecule has 0 aliphatic heterocycles. The zero-order valence-electron chi connectivity index (χ0n) is 11.1. The minimum Gasteiger partial charge on any atom is -0.320 e. The first-order chi connectivity index (χ1) is 9.27. The van der Waals surface area contributed by atoms with Gasteiger partial charge in [0.25, 0.3) is 0 Å². The van der Waals surface area contributed by atoms with Crippen LogP contribution in [0.1, 0.15) is 6.42 Å². The summed E-state index contributed by atoms with van der Waals surface area (Å²) in [5.41, 5.74) is 0.178. The molecule has 2 N–H and O–H groups in total. The van der Waals surface area contributed by atoms with E-state index in [9.17, 15) is 8.42 Å². The van der Waals surface area contributed by atoms with Crippen molar-refractivity contribution in [2.45, 2.75) is 6.42 Å². The zero-order chi connectivity index (χ0) is 15.3. The summed E-state index contributed by atoms with van der Waals surface area (Å²) >= 11 is 15.2. The first kappa shape index (κ1) is 18.0. The van der Waals surface area contributed by atoms with E-state index in [0.29, 0.717) is 17.4 Å². The highest BCUT2D eigenvalue weighted by atomic mass is 79.9. The molecule has 20 heavy (non-hydrogen) atoms. The summed E-state index contributed by atoms with van der Waals surface area (Å²) in [6, 6.07) is 3.15. The van der Waals surface area contributed by atoms with Crippen molar-refractivity contribution in [1.82, 2.24) is 9.62 Å². The van der Waals surface area contributed by atoms with Gasteiger partial charge in [-0.2, -0.15) is 12.7 Å². The molecule has 1 aromatic carbocycles. The van der Waals surface area contributed by atoms with Gasteiger partial charge >= 0.3 is 10.2 Å². The number of benzene rings is 1. The number of hydrogen-bond acceptors (Lipinski definition) is 3. The fourth-order valence-electron chi connectivity index (χ4n) is 1.45. The Morgan fingerprint density at radius 1 is 1.30 bits per heavy atom. The molecule has 0 unspecified atom stereocenters. The van der Waals surface area contributed by atoms with Gasteiger partial charge in [0, 0.05) is 18.1 Å². The monoisotopic (exact) mass is 403 g/mol. The number of hydrogen-bond donors (Lipinski definition) is 2. The minimum absolute atomic E-state index is 0.178. The van der Waals surface area contributed by atoms with Crippen molar-refractivity contribution in [3.05, 3.63) is 26.7 Å². The number of nitrogens with one attached hydrogen (secondary N) is 2. The quantitative estimate of drug-likeness (QED) is 0.686. The van der Waals surface area contributed by atoms with E-state index in [1.165, 1.54) is 11.4 Å². The summed E-state index contributed by atoms with van der Waals surface area (Å²) in [7, 11) is -0.368. The number of rotatable bonds is 7. The molecule has 0 radical (unpaired) electrons. The summed E-state index contributed by atoms with van der Waals surface area (Å²) in [6.07, 6.45) is 0.704. The summed E-state index contributed by atoms with van der Waals surface area (Å²) in [4.78, 5) is 0. The van der Waals surface area contributed by atoms with Gasteiger partial charge in [-0.25, -0.2) is 0 Å². The molecule has 1 rings (SSSR count). The smallest absolute Gasteiger partial charge is 0.301 e. The maximum Gasteiger partial charge on any atom is 0.301 e. The lowest BCUT2D eigenvalue weighted by molar-refractivity contribution is 0.462. The van der Waals surface area contributed by atoms with E-state index in [4.69, 9.17) is 23.2 Å². The lowest BCUT2D eigenvalue weighted by Crippen LogP contribution is -2.34. The van der Waals surface area contributed by atoms with Crippen molar-refractivity contribution < 1.29 is 8.42 Å². The van der Waals surface area contributed by atoms with Gasteiger partial charge in [-0.3, -0.25) is 4.72 Å². The largest absolute Gasteiger partial charge is 0.320 e. The molecule has 0 aliphatic rings. The maximum atomic E-state index is 12.1. The van der Waals surface area contributed by atoms with Crippen molar-refractivity contribution in [3.63, 3.8) is 0 Å². The third-order valence-electron chi connectivity index (χ3n) is 2.55. The Balaban J connectivity index is 2.86. The van der Waals surface area contributed by atoms with Gasteiger partial charge < -0.3 is 5.32 Å². The van der Waals surface area contributed by atoms with Gasteiger partial charge in [0.1, 0.15) is 0 Å². The van der Waals surface area contributed by atoms with E-state index in [0.717, 1.165) is 6.54 Å². The molecule has 1 aromatic rings. The van der Waals surface area contributed by atoms with Crippen LogP contribution >= 0.6 is 39.1 Å². The first-order valence-electron chi connectivity index (χ1n) is 5.81. The molecule has 0 aliphatic carbocycles. The van der Waals surface area contributed by atoms with Crippen molar-refractivity contribution in [1.29, 1.82) is 0 Å². The van der Waals surface area contributed by atoms with Crippen molar-refractivity contribution in [2.75, 3.05) is 31.9 Å². The van der Waals surface area contributed by atoms with E-state index in [2.05, 4.69) is 26.0 Å². The Hall–Kier alpha value is -0.0500. The lowest BCUT2D eigenvalue weighted by Gasteiger charge is -2.19. The summed E-state index contributed by atoms with van der Waals surface area (Å²) in [5.74, 6) is 0. The van der Waals surface area contributed by atoms with E-state index >= 15 is 0 Å². The van der Waals surface area contributed by atoms with Gasteiger partial charge in [0.05, 0.1) is 15.7 Å². The van der Waals surface area contributed by atoms with Crippen molar-refractivity contribution in [2.24, 2.45) is 0 Å². The average Bonchev–Trinajstić information content (AvgIpc) is 2.34. The second-order valence-corrected chi connectivity index (χ2v) is 7.64. The molecule has 0 bridgehead atoms. The Labute approximate surface area is 137 Å². The minimum atomic E-state index is -3.68. The molecule has 0 fully saturated rings. The molecule has 0 aromatic heterocycles. The molecule has 0 spiro atoms. The van der Waals surface area contributed by atoms with Gasteiger partial charge in [-0.15, -0.1) is 0 Å². The Morgan fingerprint density at radius 2 is 1.85 bits per heavy atom. The van der Waals surface area contributed by atoms with Crippen molar-refractivity contribution in [3.8, 4) is 0 Å². The SMILES string of the molecule is CNCCCN(C)S(=O)(=O)Nc1c(Cl)cc(Br)cc1Cl. The second-order valence-electron chi connectivity index (χ2n) is 4.13. The van der Waals surface area contributed by atoms with Gasteiger partial charge in [0.2, 0.25) is 0 Å². The molecule has 114 valence electrons. The maximum absolute atomic E-state index is 12.1. The fraction of sp³-hybridized carbons (Fsp3) is 0.455. The number of anilines is 1. The lowest BCUT2D eigenvalue weighted by atomic mass is 10.3. The van der Waals surface area contributed by atoms with Crippen LogP contribution in [-0.4, -0.2) is 39.9 Å². The molecule has 0 amide bonds. The molecular formula is C11H16BrCl2N3O2S. The summed E-state index contributed by atoms with van der Waals surface area (Å²) < 4.78 is 28.6.